The highest BCUT2D eigenvalue weighted by Crippen LogP contribution is 2.28. The van der Waals surface area contributed by atoms with Crippen molar-refractivity contribution in [1.29, 1.82) is 0 Å². The number of nitrogens with one attached hydrogen (secondary N) is 2. The Morgan fingerprint density at radius 3 is 2.67 bits per heavy atom. The number of aromatic amines is 1. The number of ether oxygens (including phenoxy) is 1. The van der Waals surface area contributed by atoms with E-state index in [2.05, 4.69) is 10.3 Å². The van der Waals surface area contributed by atoms with Crippen molar-refractivity contribution >= 4 is 11.9 Å². The Labute approximate surface area is 123 Å². The van der Waals surface area contributed by atoms with Crippen LogP contribution in [0.4, 0.5) is 0 Å². The van der Waals surface area contributed by atoms with Gasteiger partial charge in [0, 0.05) is 25.5 Å². The van der Waals surface area contributed by atoms with E-state index in [0.717, 1.165) is 18.9 Å². The maximum absolute atomic E-state index is 12.1. The van der Waals surface area contributed by atoms with Crippen molar-refractivity contribution in [2.24, 2.45) is 5.92 Å². The molecule has 0 aromatic carbocycles. The van der Waals surface area contributed by atoms with Gasteiger partial charge >= 0.3 is 5.97 Å². The van der Waals surface area contributed by atoms with Gasteiger partial charge < -0.3 is 20.1 Å². The van der Waals surface area contributed by atoms with Gasteiger partial charge in [0.15, 0.2) is 0 Å². The number of carboxylic acid groups (broad SMARTS) is 1. The van der Waals surface area contributed by atoms with Gasteiger partial charge in [-0.3, -0.25) is 4.79 Å². The maximum atomic E-state index is 12.1. The van der Waals surface area contributed by atoms with Crippen LogP contribution in [0.25, 0.3) is 0 Å². The molecule has 1 amide bonds. The Morgan fingerprint density at radius 1 is 1.38 bits per heavy atom. The third-order valence-corrected chi connectivity index (χ3v) is 3.68. The van der Waals surface area contributed by atoms with Crippen LogP contribution in [0.15, 0.2) is 0 Å². The topological polar surface area (TPSA) is 91.4 Å². The summed E-state index contributed by atoms with van der Waals surface area (Å²) in [6, 6.07) is 0. The minimum atomic E-state index is -1.05. The maximum Gasteiger partial charge on any atom is 0.352 e. The molecular weight excluding hydrogens is 272 g/mol. The van der Waals surface area contributed by atoms with Crippen molar-refractivity contribution in [1.82, 2.24) is 10.3 Å². The second-order valence-corrected chi connectivity index (χ2v) is 5.56. The normalized spacial score (nSPS) is 14.2. The smallest absolute Gasteiger partial charge is 0.352 e. The van der Waals surface area contributed by atoms with E-state index in [-0.39, 0.29) is 11.6 Å². The fraction of sp³-hybridized carbons (Fsp3) is 0.600. The average Bonchev–Trinajstić information content (AvgIpc) is 3.18. The zero-order chi connectivity index (χ0) is 15.4. The molecule has 1 aliphatic carbocycles. The van der Waals surface area contributed by atoms with Gasteiger partial charge in [-0.25, -0.2) is 4.79 Å². The van der Waals surface area contributed by atoms with Crippen LogP contribution in [-0.4, -0.2) is 41.7 Å². The van der Waals surface area contributed by atoms with Crippen LogP contribution in [0.3, 0.4) is 0 Å². The lowest BCUT2D eigenvalue weighted by atomic mass is 10.1. The monoisotopic (exact) mass is 294 g/mol. The Kier molecular flexibility index (Phi) is 5.01. The number of carbonyl (C=O) groups excluding carboxylic acids is 1. The lowest BCUT2D eigenvalue weighted by molar-refractivity contribution is 0.0690. The largest absolute Gasteiger partial charge is 0.477 e. The molecule has 6 heteroatoms. The number of hydrogen-bond donors (Lipinski definition) is 3. The van der Waals surface area contributed by atoms with Crippen molar-refractivity contribution < 1.29 is 19.4 Å². The number of carbonyl (C=O) groups is 2. The minimum absolute atomic E-state index is 0.0745. The van der Waals surface area contributed by atoms with E-state index in [9.17, 15) is 9.59 Å². The van der Waals surface area contributed by atoms with Crippen LogP contribution in [0.5, 0.6) is 0 Å². The first-order chi connectivity index (χ1) is 10.0. The van der Waals surface area contributed by atoms with Gasteiger partial charge in [0.2, 0.25) is 0 Å². The number of aromatic carboxylic acids is 1. The summed E-state index contributed by atoms with van der Waals surface area (Å²) in [5.74, 6) is -0.543. The zero-order valence-electron chi connectivity index (χ0n) is 12.5. The molecule has 0 aliphatic heterocycles. The van der Waals surface area contributed by atoms with Crippen molar-refractivity contribution in [3.63, 3.8) is 0 Å². The predicted molar refractivity (Wildman–Crippen MR) is 77.7 cm³/mol. The van der Waals surface area contributed by atoms with E-state index in [1.165, 1.54) is 12.8 Å². The first kappa shape index (κ1) is 15.6. The van der Waals surface area contributed by atoms with Crippen LogP contribution in [0.2, 0.25) is 0 Å². The summed E-state index contributed by atoms with van der Waals surface area (Å²) in [4.78, 5) is 25.9. The van der Waals surface area contributed by atoms with Crippen LogP contribution in [0.1, 0.15) is 51.4 Å². The lowest BCUT2D eigenvalue weighted by Gasteiger charge is -2.06. The molecule has 0 radical (unpaired) electrons. The number of rotatable bonds is 8. The average molecular weight is 294 g/mol. The van der Waals surface area contributed by atoms with Gasteiger partial charge in [0.25, 0.3) is 5.91 Å². The van der Waals surface area contributed by atoms with E-state index < -0.39 is 5.97 Å². The molecule has 1 aliphatic rings. The molecule has 1 aromatic rings. The van der Waals surface area contributed by atoms with E-state index in [1.54, 1.807) is 13.8 Å². The highest BCUT2D eigenvalue weighted by atomic mass is 16.5. The highest BCUT2D eigenvalue weighted by molar-refractivity contribution is 6.00. The molecule has 0 atom stereocenters. The Bertz CT molecular complexity index is 532. The lowest BCUT2D eigenvalue weighted by Crippen LogP contribution is -2.26. The van der Waals surface area contributed by atoms with Gasteiger partial charge in [-0.2, -0.15) is 0 Å². The van der Waals surface area contributed by atoms with Crippen molar-refractivity contribution in [3.8, 4) is 0 Å². The first-order valence-corrected chi connectivity index (χ1v) is 7.29. The van der Waals surface area contributed by atoms with Gasteiger partial charge in [0.05, 0.1) is 5.56 Å². The predicted octanol–water partition coefficient (Wildman–Crippen LogP) is 1.88. The fourth-order valence-electron chi connectivity index (χ4n) is 2.30. The second kappa shape index (κ2) is 6.76. The summed E-state index contributed by atoms with van der Waals surface area (Å²) in [5, 5.41) is 11.8. The summed E-state index contributed by atoms with van der Waals surface area (Å²) in [6.07, 6.45) is 3.30. The molecule has 2 rings (SSSR count). The van der Waals surface area contributed by atoms with Crippen LogP contribution in [-0.2, 0) is 4.74 Å². The van der Waals surface area contributed by atoms with E-state index in [1.807, 2.05) is 0 Å². The second-order valence-electron chi connectivity index (χ2n) is 5.56. The summed E-state index contributed by atoms with van der Waals surface area (Å²) in [5.41, 5.74) is 1.55. The van der Waals surface area contributed by atoms with Crippen molar-refractivity contribution in [2.45, 2.75) is 33.1 Å². The van der Waals surface area contributed by atoms with Gasteiger partial charge in [0.1, 0.15) is 5.69 Å². The van der Waals surface area contributed by atoms with Crippen molar-refractivity contribution in [2.75, 3.05) is 19.8 Å². The Balaban J connectivity index is 1.78. The molecule has 1 heterocycles. The molecule has 3 N–H and O–H groups in total. The molecule has 1 saturated carbocycles. The third-order valence-electron chi connectivity index (χ3n) is 3.68. The molecule has 6 nitrogen and oxygen atoms in total. The van der Waals surface area contributed by atoms with Crippen molar-refractivity contribution in [3.05, 3.63) is 22.5 Å². The number of aryl methyl sites for hydroxylation is 1. The summed E-state index contributed by atoms with van der Waals surface area (Å²) in [6.45, 7) is 5.33. The van der Waals surface area contributed by atoms with E-state index in [0.29, 0.717) is 30.0 Å². The molecule has 116 valence electrons. The SMILES string of the molecule is Cc1[nH]c(C(=O)O)c(C)c1C(=O)NCCCOCC1CC1. The molecule has 0 saturated heterocycles. The van der Waals surface area contributed by atoms with Gasteiger partial charge in [-0.1, -0.05) is 0 Å². The van der Waals surface area contributed by atoms with E-state index >= 15 is 0 Å². The van der Waals surface area contributed by atoms with Gasteiger partial charge in [-0.15, -0.1) is 0 Å². The Morgan fingerprint density at radius 2 is 2.10 bits per heavy atom. The number of hydrogen-bond acceptors (Lipinski definition) is 3. The zero-order valence-corrected chi connectivity index (χ0v) is 12.5. The number of carboxylic acids is 1. The highest BCUT2D eigenvalue weighted by Gasteiger charge is 2.22. The molecule has 0 spiro atoms. The fourth-order valence-corrected chi connectivity index (χ4v) is 2.30. The van der Waals surface area contributed by atoms with Crippen LogP contribution in [0, 0.1) is 19.8 Å². The summed E-state index contributed by atoms with van der Waals surface area (Å²) < 4.78 is 5.49. The number of aromatic nitrogens is 1. The first-order valence-electron chi connectivity index (χ1n) is 7.29. The standard InChI is InChI=1S/C15H22N2O4/c1-9-12(10(2)17-13(9)15(19)20)14(18)16-6-3-7-21-8-11-4-5-11/h11,17H,3-8H2,1-2H3,(H,16,18)(H,19,20). The minimum Gasteiger partial charge on any atom is -0.477 e. The number of amides is 1. The molecule has 0 unspecified atom stereocenters. The van der Waals surface area contributed by atoms with Crippen LogP contribution >= 0.6 is 0 Å². The molecule has 1 fully saturated rings. The summed E-state index contributed by atoms with van der Waals surface area (Å²) >= 11 is 0. The third kappa shape index (κ3) is 4.07. The Hall–Kier alpha value is -1.82. The van der Waals surface area contributed by atoms with E-state index in [4.69, 9.17) is 9.84 Å². The quantitative estimate of drug-likeness (QED) is 0.638. The van der Waals surface area contributed by atoms with Crippen LogP contribution < -0.4 is 5.32 Å². The molecule has 21 heavy (non-hydrogen) atoms. The molecule has 0 bridgehead atoms. The molecule has 1 aromatic heterocycles. The number of H-pyrrole nitrogens is 1. The summed E-state index contributed by atoms with van der Waals surface area (Å²) in [7, 11) is 0. The molecular formula is C15H22N2O4. The van der Waals surface area contributed by atoms with Gasteiger partial charge in [-0.05, 0) is 44.6 Å².